The van der Waals surface area contributed by atoms with Gasteiger partial charge in [0.25, 0.3) is 0 Å². The summed E-state index contributed by atoms with van der Waals surface area (Å²) < 4.78 is 0. The molecule has 1 heterocycles. The van der Waals surface area contributed by atoms with Crippen LogP contribution < -0.4 is 5.32 Å². The quantitative estimate of drug-likeness (QED) is 0.813. The molecule has 1 atom stereocenters. The lowest BCUT2D eigenvalue weighted by atomic mass is 9.78. The van der Waals surface area contributed by atoms with Gasteiger partial charge in [-0.2, -0.15) is 0 Å². The predicted molar refractivity (Wildman–Crippen MR) is 70.0 cm³/mol. The third-order valence-electron chi connectivity index (χ3n) is 4.26. The first kappa shape index (κ1) is 13.4. The third kappa shape index (κ3) is 2.25. The zero-order valence-corrected chi connectivity index (χ0v) is 11.7. The number of carbonyl (C=O) groups excluding carboxylic acids is 2. The summed E-state index contributed by atoms with van der Waals surface area (Å²) in [5, 5.41) is 3.04. The highest BCUT2D eigenvalue weighted by atomic mass is 16.2. The zero-order valence-electron chi connectivity index (χ0n) is 11.7. The molecule has 2 fully saturated rings. The Bertz CT molecular complexity index is 346. The molecule has 0 aromatic heterocycles. The summed E-state index contributed by atoms with van der Waals surface area (Å²) in [6, 6.07) is -0.287. The van der Waals surface area contributed by atoms with Crippen LogP contribution in [0.2, 0.25) is 0 Å². The maximum Gasteiger partial charge on any atom is 0.248 e. The van der Waals surface area contributed by atoms with E-state index in [2.05, 4.69) is 19.2 Å². The van der Waals surface area contributed by atoms with Crippen LogP contribution in [-0.4, -0.2) is 35.3 Å². The van der Waals surface area contributed by atoms with Crippen molar-refractivity contribution in [2.45, 2.75) is 64.0 Å². The third-order valence-corrected chi connectivity index (χ3v) is 4.26. The van der Waals surface area contributed by atoms with Crippen molar-refractivity contribution in [1.29, 1.82) is 0 Å². The second-order valence-corrected chi connectivity index (χ2v) is 6.19. The second-order valence-electron chi connectivity index (χ2n) is 6.19. The minimum Gasteiger partial charge on any atom is -0.340 e. The highest BCUT2D eigenvalue weighted by molar-refractivity contribution is 5.99. The number of likely N-dealkylation sites (N-methyl/N-ethyl adjacent to an activating group) is 1. The van der Waals surface area contributed by atoms with E-state index in [1.165, 1.54) is 6.42 Å². The SMILES string of the molecule is CC(C)CC1C(=O)NC2(CCCCC2)C(=O)N1C. The molecule has 1 aliphatic carbocycles. The largest absolute Gasteiger partial charge is 0.340 e. The molecule has 1 spiro atoms. The fourth-order valence-corrected chi connectivity index (χ4v) is 3.23. The van der Waals surface area contributed by atoms with Crippen LogP contribution >= 0.6 is 0 Å². The standard InChI is InChI=1S/C14H24N2O2/c1-10(2)9-11-12(17)15-14(13(18)16(11)3)7-5-4-6-8-14/h10-11H,4-9H2,1-3H3,(H,15,17). The number of piperazine rings is 1. The van der Waals surface area contributed by atoms with Crippen molar-refractivity contribution in [2.24, 2.45) is 5.92 Å². The van der Waals surface area contributed by atoms with Gasteiger partial charge in [-0.25, -0.2) is 0 Å². The molecular weight excluding hydrogens is 228 g/mol. The summed E-state index contributed by atoms with van der Waals surface area (Å²) in [5.41, 5.74) is -0.586. The van der Waals surface area contributed by atoms with Crippen LogP contribution in [0.3, 0.4) is 0 Å². The van der Waals surface area contributed by atoms with E-state index in [0.717, 1.165) is 32.1 Å². The summed E-state index contributed by atoms with van der Waals surface area (Å²) in [5.74, 6) is 0.566. The van der Waals surface area contributed by atoms with E-state index in [9.17, 15) is 9.59 Å². The number of amides is 2. The first-order chi connectivity index (χ1) is 8.46. The number of rotatable bonds is 2. The lowest BCUT2D eigenvalue weighted by Crippen LogP contribution is -2.70. The molecule has 1 unspecified atom stereocenters. The Morgan fingerprint density at radius 1 is 1.28 bits per heavy atom. The van der Waals surface area contributed by atoms with Crippen LogP contribution in [0.25, 0.3) is 0 Å². The van der Waals surface area contributed by atoms with E-state index in [4.69, 9.17) is 0 Å². The Balaban J connectivity index is 2.17. The van der Waals surface area contributed by atoms with Gasteiger partial charge in [-0.1, -0.05) is 33.1 Å². The summed E-state index contributed by atoms with van der Waals surface area (Å²) in [7, 11) is 1.78. The van der Waals surface area contributed by atoms with Crippen LogP contribution in [0, 0.1) is 5.92 Å². The average Bonchev–Trinajstić information content (AvgIpc) is 2.33. The number of hydrogen-bond donors (Lipinski definition) is 1. The fraction of sp³-hybridized carbons (Fsp3) is 0.857. The van der Waals surface area contributed by atoms with E-state index >= 15 is 0 Å². The van der Waals surface area contributed by atoms with Crippen LogP contribution in [0.15, 0.2) is 0 Å². The van der Waals surface area contributed by atoms with Gasteiger partial charge in [-0.3, -0.25) is 9.59 Å². The van der Waals surface area contributed by atoms with E-state index in [-0.39, 0.29) is 17.9 Å². The van der Waals surface area contributed by atoms with Crippen molar-refractivity contribution in [2.75, 3.05) is 7.05 Å². The molecule has 18 heavy (non-hydrogen) atoms. The Labute approximate surface area is 109 Å². The summed E-state index contributed by atoms with van der Waals surface area (Å²) in [4.78, 5) is 26.5. The topological polar surface area (TPSA) is 49.4 Å². The van der Waals surface area contributed by atoms with Crippen molar-refractivity contribution in [1.82, 2.24) is 10.2 Å². The van der Waals surface area contributed by atoms with E-state index in [0.29, 0.717) is 5.92 Å². The average molecular weight is 252 g/mol. The van der Waals surface area contributed by atoms with Crippen molar-refractivity contribution in [3.05, 3.63) is 0 Å². The molecule has 1 aliphatic heterocycles. The number of nitrogens with zero attached hydrogens (tertiary/aromatic N) is 1. The minimum atomic E-state index is -0.586. The number of carbonyl (C=O) groups is 2. The van der Waals surface area contributed by atoms with E-state index in [1.807, 2.05) is 0 Å². The van der Waals surface area contributed by atoms with Gasteiger partial charge in [0, 0.05) is 7.05 Å². The number of nitrogens with one attached hydrogen (secondary N) is 1. The molecule has 0 bridgehead atoms. The van der Waals surface area contributed by atoms with Gasteiger partial charge in [-0.15, -0.1) is 0 Å². The summed E-state index contributed by atoms with van der Waals surface area (Å²) in [6.07, 6.45) is 5.59. The van der Waals surface area contributed by atoms with Gasteiger partial charge < -0.3 is 10.2 Å². The molecule has 4 nitrogen and oxygen atoms in total. The Morgan fingerprint density at radius 2 is 1.89 bits per heavy atom. The van der Waals surface area contributed by atoms with Gasteiger partial charge >= 0.3 is 0 Å². The highest BCUT2D eigenvalue weighted by Gasteiger charge is 2.49. The Morgan fingerprint density at radius 3 is 2.44 bits per heavy atom. The van der Waals surface area contributed by atoms with Crippen LogP contribution in [0.4, 0.5) is 0 Å². The molecule has 2 rings (SSSR count). The molecule has 0 radical (unpaired) electrons. The van der Waals surface area contributed by atoms with Crippen LogP contribution in [0.1, 0.15) is 52.4 Å². The maximum absolute atomic E-state index is 12.6. The molecule has 2 amide bonds. The van der Waals surface area contributed by atoms with Crippen molar-refractivity contribution in [3.8, 4) is 0 Å². The molecule has 4 heteroatoms. The molecule has 1 saturated carbocycles. The molecule has 0 aromatic carbocycles. The van der Waals surface area contributed by atoms with Crippen molar-refractivity contribution >= 4 is 11.8 Å². The monoisotopic (exact) mass is 252 g/mol. The lowest BCUT2D eigenvalue weighted by molar-refractivity contribution is -0.155. The molecule has 1 saturated heterocycles. The smallest absolute Gasteiger partial charge is 0.248 e. The summed E-state index contributed by atoms with van der Waals surface area (Å²) in [6.45, 7) is 4.16. The van der Waals surface area contributed by atoms with Crippen LogP contribution in [-0.2, 0) is 9.59 Å². The highest BCUT2D eigenvalue weighted by Crippen LogP contribution is 2.33. The molecule has 0 aromatic rings. The maximum atomic E-state index is 12.6. The van der Waals surface area contributed by atoms with E-state index in [1.54, 1.807) is 11.9 Å². The molecular formula is C14H24N2O2. The lowest BCUT2D eigenvalue weighted by Gasteiger charge is -2.46. The predicted octanol–water partition coefficient (Wildman–Crippen LogP) is 1.69. The van der Waals surface area contributed by atoms with Gasteiger partial charge in [0.1, 0.15) is 11.6 Å². The Kier molecular flexibility index (Phi) is 3.64. The minimum absolute atomic E-state index is 0.0349. The van der Waals surface area contributed by atoms with E-state index < -0.39 is 5.54 Å². The zero-order chi connectivity index (χ0) is 13.3. The van der Waals surface area contributed by atoms with Gasteiger partial charge in [-0.05, 0) is 25.2 Å². The first-order valence-electron chi connectivity index (χ1n) is 7.05. The molecule has 102 valence electrons. The first-order valence-corrected chi connectivity index (χ1v) is 7.05. The van der Waals surface area contributed by atoms with Gasteiger partial charge in [0.2, 0.25) is 11.8 Å². The summed E-state index contributed by atoms with van der Waals surface area (Å²) >= 11 is 0. The fourth-order valence-electron chi connectivity index (χ4n) is 3.23. The number of hydrogen-bond acceptors (Lipinski definition) is 2. The Hall–Kier alpha value is -1.06. The molecule has 1 N–H and O–H groups in total. The van der Waals surface area contributed by atoms with Crippen LogP contribution in [0.5, 0.6) is 0 Å². The van der Waals surface area contributed by atoms with Crippen molar-refractivity contribution in [3.63, 3.8) is 0 Å². The second kappa shape index (κ2) is 4.90. The van der Waals surface area contributed by atoms with Crippen molar-refractivity contribution < 1.29 is 9.59 Å². The van der Waals surface area contributed by atoms with Gasteiger partial charge in [0.05, 0.1) is 0 Å². The van der Waals surface area contributed by atoms with Gasteiger partial charge in [0.15, 0.2) is 0 Å². The normalized spacial score (nSPS) is 27.8. The molecule has 2 aliphatic rings.